The van der Waals surface area contributed by atoms with Gasteiger partial charge in [-0.25, -0.2) is 8.42 Å². The van der Waals surface area contributed by atoms with E-state index in [0.29, 0.717) is 30.8 Å². The summed E-state index contributed by atoms with van der Waals surface area (Å²) >= 11 is 0. The quantitative estimate of drug-likeness (QED) is 0.787. The van der Waals surface area contributed by atoms with Crippen molar-refractivity contribution in [3.8, 4) is 5.75 Å². The lowest BCUT2D eigenvalue weighted by molar-refractivity contribution is -0.126. The van der Waals surface area contributed by atoms with Gasteiger partial charge in [0.2, 0.25) is 15.9 Å². The van der Waals surface area contributed by atoms with E-state index < -0.39 is 10.0 Å². The Labute approximate surface area is 164 Å². The third-order valence-corrected chi connectivity index (χ3v) is 7.54. The Morgan fingerprint density at radius 2 is 1.96 bits per heavy atom. The van der Waals surface area contributed by atoms with Crippen LogP contribution < -0.4 is 15.4 Å². The number of piperidine rings is 1. The molecule has 2 aliphatic heterocycles. The average molecular weight is 407 g/mol. The molecule has 0 bridgehead atoms. The predicted molar refractivity (Wildman–Crippen MR) is 102 cm³/mol. The van der Waals surface area contributed by atoms with Crippen molar-refractivity contribution in [1.29, 1.82) is 0 Å². The Hall–Kier alpha value is -2.13. The molecule has 1 aliphatic carbocycles. The van der Waals surface area contributed by atoms with Crippen LogP contribution in [0.1, 0.15) is 38.5 Å². The lowest BCUT2D eigenvalue weighted by atomic mass is 9.98. The van der Waals surface area contributed by atoms with E-state index in [1.807, 2.05) is 0 Å². The standard InChI is InChI=1S/C19H25N3O5S/c23-18-12-27-17-8-7-15(10-16(17)21-18)28(25,26)22-9-3-4-13(11-22)19(24)20-14-5-1-2-6-14/h7-8,10,13-14H,1-6,9,11-12H2,(H,20,24)(H,21,23)/t13-/m0/s1. The minimum absolute atomic E-state index is 0.0436. The Morgan fingerprint density at radius 3 is 2.75 bits per heavy atom. The highest BCUT2D eigenvalue weighted by molar-refractivity contribution is 7.89. The van der Waals surface area contributed by atoms with Gasteiger partial charge in [-0.2, -0.15) is 4.31 Å². The largest absolute Gasteiger partial charge is 0.482 e. The molecule has 8 nitrogen and oxygen atoms in total. The molecule has 2 amide bonds. The molecule has 0 spiro atoms. The van der Waals surface area contributed by atoms with Crippen LogP contribution in [0.4, 0.5) is 5.69 Å². The number of carbonyl (C=O) groups is 2. The predicted octanol–water partition coefficient (Wildman–Crippen LogP) is 1.48. The molecule has 1 aromatic carbocycles. The van der Waals surface area contributed by atoms with Crippen LogP contribution >= 0.6 is 0 Å². The van der Waals surface area contributed by atoms with E-state index in [-0.39, 0.29) is 41.8 Å². The number of rotatable bonds is 4. The molecule has 2 N–H and O–H groups in total. The molecule has 2 heterocycles. The highest BCUT2D eigenvalue weighted by atomic mass is 32.2. The van der Waals surface area contributed by atoms with E-state index in [1.54, 1.807) is 6.07 Å². The van der Waals surface area contributed by atoms with Gasteiger partial charge in [-0.3, -0.25) is 9.59 Å². The van der Waals surface area contributed by atoms with Gasteiger partial charge in [0, 0.05) is 19.1 Å². The highest BCUT2D eigenvalue weighted by Gasteiger charge is 2.34. The number of hydrogen-bond donors (Lipinski definition) is 2. The lowest BCUT2D eigenvalue weighted by Crippen LogP contribution is -2.47. The fraction of sp³-hybridized carbons (Fsp3) is 0.579. The zero-order valence-electron chi connectivity index (χ0n) is 15.6. The molecule has 0 aromatic heterocycles. The van der Waals surface area contributed by atoms with Crippen molar-refractivity contribution in [3.05, 3.63) is 18.2 Å². The van der Waals surface area contributed by atoms with E-state index in [9.17, 15) is 18.0 Å². The first-order valence-corrected chi connectivity index (χ1v) is 11.2. The smallest absolute Gasteiger partial charge is 0.262 e. The van der Waals surface area contributed by atoms with Crippen LogP contribution in [0.2, 0.25) is 0 Å². The van der Waals surface area contributed by atoms with Gasteiger partial charge in [-0.15, -0.1) is 0 Å². The second kappa shape index (κ2) is 7.71. The normalized spacial score (nSPS) is 23.6. The number of nitrogens with zero attached hydrogens (tertiary/aromatic N) is 1. The summed E-state index contributed by atoms with van der Waals surface area (Å²) in [6.45, 7) is 0.485. The first kappa shape index (κ1) is 19.2. The highest BCUT2D eigenvalue weighted by Crippen LogP contribution is 2.32. The fourth-order valence-electron chi connectivity index (χ4n) is 4.14. The molecule has 4 rings (SSSR count). The summed E-state index contributed by atoms with van der Waals surface area (Å²) in [5, 5.41) is 5.71. The minimum Gasteiger partial charge on any atom is -0.482 e. The number of nitrogens with one attached hydrogen (secondary N) is 2. The van der Waals surface area contributed by atoms with Crippen molar-refractivity contribution >= 4 is 27.5 Å². The van der Waals surface area contributed by atoms with Crippen molar-refractivity contribution in [2.45, 2.75) is 49.5 Å². The second-order valence-electron chi connectivity index (χ2n) is 7.69. The van der Waals surface area contributed by atoms with Gasteiger partial charge in [0.25, 0.3) is 5.91 Å². The topological polar surface area (TPSA) is 105 Å². The van der Waals surface area contributed by atoms with Gasteiger partial charge >= 0.3 is 0 Å². The maximum Gasteiger partial charge on any atom is 0.262 e. The molecule has 152 valence electrons. The van der Waals surface area contributed by atoms with Gasteiger partial charge in [-0.1, -0.05) is 12.8 Å². The monoisotopic (exact) mass is 407 g/mol. The molecule has 1 saturated heterocycles. The molecular weight excluding hydrogens is 382 g/mol. The first-order chi connectivity index (χ1) is 13.4. The van der Waals surface area contributed by atoms with Crippen molar-refractivity contribution < 1.29 is 22.7 Å². The van der Waals surface area contributed by atoms with Gasteiger partial charge in [0.1, 0.15) is 5.75 Å². The SMILES string of the molecule is O=C1COc2ccc(S(=O)(=O)N3CCC[C@H](C(=O)NC4CCCC4)C3)cc2N1. The number of anilines is 1. The maximum absolute atomic E-state index is 13.1. The number of carbonyl (C=O) groups excluding carboxylic acids is 2. The minimum atomic E-state index is -3.76. The summed E-state index contributed by atoms with van der Waals surface area (Å²) < 4.78 is 32.9. The zero-order chi connectivity index (χ0) is 19.7. The number of ether oxygens (including phenoxy) is 1. The molecule has 1 aromatic rings. The van der Waals surface area contributed by atoms with Gasteiger partial charge in [-0.05, 0) is 43.9 Å². The van der Waals surface area contributed by atoms with Crippen LogP contribution in [0.25, 0.3) is 0 Å². The summed E-state index contributed by atoms with van der Waals surface area (Å²) in [4.78, 5) is 24.2. The van der Waals surface area contributed by atoms with Gasteiger partial charge in [0.05, 0.1) is 16.5 Å². The van der Waals surface area contributed by atoms with Gasteiger partial charge in [0.15, 0.2) is 6.61 Å². The molecule has 1 saturated carbocycles. The van der Waals surface area contributed by atoms with E-state index in [4.69, 9.17) is 4.74 Å². The number of amides is 2. The van der Waals surface area contributed by atoms with E-state index in [2.05, 4.69) is 10.6 Å². The Morgan fingerprint density at radius 1 is 1.18 bits per heavy atom. The van der Waals surface area contributed by atoms with E-state index in [0.717, 1.165) is 25.7 Å². The van der Waals surface area contributed by atoms with Crippen LogP contribution in [0, 0.1) is 5.92 Å². The third-order valence-electron chi connectivity index (χ3n) is 5.68. The summed E-state index contributed by atoms with van der Waals surface area (Å²) in [5.74, 6) is -0.239. The van der Waals surface area contributed by atoms with Crippen LogP contribution in [0.3, 0.4) is 0 Å². The van der Waals surface area contributed by atoms with Crippen molar-refractivity contribution in [3.63, 3.8) is 0 Å². The zero-order valence-corrected chi connectivity index (χ0v) is 16.5. The van der Waals surface area contributed by atoms with Crippen molar-refractivity contribution in [2.24, 2.45) is 5.92 Å². The Balaban J connectivity index is 1.48. The molecule has 9 heteroatoms. The molecule has 2 fully saturated rings. The van der Waals surface area contributed by atoms with Crippen molar-refractivity contribution in [1.82, 2.24) is 9.62 Å². The summed E-state index contributed by atoms with van der Waals surface area (Å²) in [6.07, 6.45) is 5.61. The third kappa shape index (κ3) is 3.86. The summed E-state index contributed by atoms with van der Waals surface area (Å²) in [7, 11) is -3.76. The number of hydrogen-bond acceptors (Lipinski definition) is 5. The van der Waals surface area contributed by atoms with Crippen molar-refractivity contribution in [2.75, 3.05) is 25.0 Å². The van der Waals surface area contributed by atoms with Gasteiger partial charge < -0.3 is 15.4 Å². The molecule has 3 aliphatic rings. The molecule has 0 radical (unpaired) electrons. The van der Waals surface area contributed by atoms with Crippen LogP contribution in [0.15, 0.2) is 23.1 Å². The second-order valence-corrected chi connectivity index (χ2v) is 9.62. The summed E-state index contributed by atoms with van der Waals surface area (Å²) in [5.41, 5.74) is 0.352. The molecular formula is C19H25N3O5S. The molecule has 1 atom stereocenters. The van der Waals surface area contributed by atoms with Crippen LogP contribution in [0.5, 0.6) is 5.75 Å². The van der Waals surface area contributed by atoms with E-state index >= 15 is 0 Å². The Kier molecular flexibility index (Phi) is 5.29. The first-order valence-electron chi connectivity index (χ1n) is 9.81. The molecule has 28 heavy (non-hydrogen) atoms. The fourth-order valence-corrected chi connectivity index (χ4v) is 5.69. The number of fused-ring (bicyclic) bond motifs is 1. The maximum atomic E-state index is 13.1. The Bertz CT molecular complexity index is 880. The summed E-state index contributed by atoms with van der Waals surface area (Å²) in [6, 6.07) is 4.68. The van der Waals surface area contributed by atoms with Crippen LogP contribution in [-0.4, -0.2) is 50.3 Å². The average Bonchev–Trinajstić information content (AvgIpc) is 3.20. The lowest BCUT2D eigenvalue weighted by Gasteiger charge is -2.32. The number of sulfonamides is 1. The molecule has 0 unspecified atom stereocenters. The number of benzene rings is 1. The van der Waals surface area contributed by atoms with E-state index in [1.165, 1.54) is 16.4 Å². The van der Waals surface area contributed by atoms with Crippen LogP contribution in [-0.2, 0) is 19.6 Å².